The molecule has 0 amide bonds. The summed E-state index contributed by atoms with van der Waals surface area (Å²) in [5.41, 5.74) is 0. The third-order valence-corrected chi connectivity index (χ3v) is 1.85. The zero-order valence-corrected chi connectivity index (χ0v) is 11.6. The second-order valence-corrected chi connectivity index (χ2v) is 2.99. The van der Waals surface area contributed by atoms with Crippen LogP contribution in [0.4, 0.5) is 0 Å². The molecule has 0 rings (SSSR count). The Morgan fingerprint density at radius 1 is 0.944 bits per heavy atom. The van der Waals surface area contributed by atoms with E-state index >= 15 is 0 Å². The van der Waals surface area contributed by atoms with Crippen molar-refractivity contribution < 1.29 is 81.0 Å². The predicted molar refractivity (Wildman–Crippen MR) is 49.4 cm³/mol. The molecular formula is C7H17NaO10. The van der Waals surface area contributed by atoms with Gasteiger partial charge in [0.25, 0.3) is 0 Å². The van der Waals surface area contributed by atoms with Crippen molar-refractivity contribution >= 4 is 5.97 Å². The average Bonchev–Trinajstić information content (AvgIpc) is 2.23. The van der Waals surface area contributed by atoms with Crippen molar-refractivity contribution in [3.8, 4) is 0 Å². The number of rotatable bonds is 6. The first-order valence-electron chi connectivity index (χ1n) is 4.05. The van der Waals surface area contributed by atoms with Crippen molar-refractivity contribution in [2.45, 2.75) is 30.5 Å². The molecule has 11 heteroatoms. The molecular weight excluding hydrogens is 267 g/mol. The number of aliphatic carboxylic acids is 1. The average molecular weight is 284 g/mol. The number of carboxylic acid groups (broad SMARTS) is 1. The molecule has 5 atom stereocenters. The molecule has 0 aliphatic heterocycles. The standard InChI is InChI=1S/C7H14O8.Na.2H2O/c8-1-2(9)3(10)4(11)5(12)6(13)7(14)15;;;/h2-6,8-13H,1H2,(H,14,15);;2*1H2/q;+1;;/p-1. The van der Waals surface area contributed by atoms with Crippen LogP contribution >= 0.6 is 0 Å². The Kier molecular flexibility index (Phi) is 18.1. The van der Waals surface area contributed by atoms with Gasteiger partial charge in [-0.05, 0) is 0 Å². The first-order valence-corrected chi connectivity index (χ1v) is 4.05. The normalized spacial score (nSPS) is 17.9. The number of aliphatic hydroxyl groups is 6. The van der Waals surface area contributed by atoms with E-state index < -0.39 is 43.1 Å². The van der Waals surface area contributed by atoms with Gasteiger partial charge in [0.15, 0.2) is 0 Å². The van der Waals surface area contributed by atoms with E-state index in [9.17, 15) is 9.90 Å². The maximum Gasteiger partial charge on any atom is 1.00 e. The molecule has 0 aromatic rings. The molecule has 0 radical (unpaired) electrons. The van der Waals surface area contributed by atoms with Gasteiger partial charge in [-0.2, -0.15) is 0 Å². The number of hydrogen-bond donors (Lipinski definition) is 6. The minimum Gasteiger partial charge on any atom is -0.547 e. The smallest absolute Gasteiger partial charge is 0.547 e. The minimum atomic E-state index is -2.40. The van der Waals surface area contributed by atoms with E-state index in [-0.39, 0.29) is 40.5 Å². The molecule has 10 nitrogen and oxygen atoms in total. The molecule has 0 aromatic heterocycles. The van der Waals surface area contributed by atoms with Crippen LogP contribution in [0.5, 0.6) is 0 Å². The Bertz CT molecular complexity index is 214. The van der Waals surface area contributed by atoms with E-state index in [4.69, 9.17) is 30.6 Å². The molecule has 0 bridgehead atoms. The van der Waals surface area contributed by atoms with Crippen LogP contribution in [0, 0.1) is 0 Å². The number of hydrogen-bond acceptors (Lipinski definition) is 8. The fraction of sp³-hybridized carbons (Fsp3) is 0.857. The van der Waals surface area contributed by atoms with Crippen molar-refractivity contribution in [2.24, 2.45) is 0 Å². The maximum atomic E-state index is 10.1. The second kappa shape index (κ2) is 12.2. The van der Waals surface area contributed by atoms with Crippen LogP contribution in [0.3, 0.4) is 0 Å². The first-order chi connectivity index (χ1) is 6.82. The summed E-state index contributed by atoms with van der Waals surface area (Å²) in [5.74, 6) is -2.03. The van der Waals surface area contributed by atoms with Gasteiger partial charge in [-0.1, -0.05) is 0 Å². The molecule has 0 saturated heterocycles. The van der Waals surface area contributed by atoms with Gasteiger partial charge in [0.2, 0.25) is 0 Å². The Morgan fingerprint density at radius 2 is 1.33 bits per heavy atom. The third kappa shape index (κ3) is 7.56. The SMILES string of the molecule is O.O.O=C([O-])C(O)C(O)C(O)C(O)C(O)CO.[Na+]. The van der Waals surface area contributed by atoms with Gasteiger partial charge in [-0.25, -0.2) is 0 Å². The summed E-state index contributed by atoms with van der Waals surface area (Å²) in [6.45, 7) is -0.896. The molecule has 0 aliphatic rings. The van der Waals surface area contributed by atoms with Crippen molar-refractivity contribution in [2.75, 3.05) is 6.61 Å². The number of carbonyl (C=O) groups is 1. The van der Waals surface area contributed by atoms with Crippen LogP contribution in [-0.4, -0.2) is 84.7 Å². The predicted octanol–water partition coefficient (Wildman–Crippen LogP) is -10.1. The number of carboxylic acids is 1. The molecule has 0 fully saturated rings. The monoisotopic (exact) mass is 284 g/mol. The molecule has 0 heterocycles. The van der Waals surface area contributed by atoms with Gasteiger partial charge in [-0.15, -0.1) is 0 Å². The minimum absolute atomic E-state index is 0. The zero-order chi connectivity index (χ0) is 12.2. The second-order valence-electron chi connectivity index (χ2n) is 2.99. The Labute approximate surface area is 124 Å². The van der Waals surface area contributed by atoms with E-state index in [2.05, 4.69) is 0 Å². The van der Waals surface area contributed by atoms with E-state index in [0.717, 1.165) is 0 Å². The summed E-state index contributed by atoms with van der Waals surface area (Å²) >= 11 is 0. The number of aliphatic hydroxyl groups excluding tert-OH is 6. The van der Waals surface area contributed by atoms with E-state index in [0.29, 0.717) is 0 Å². The number of carbonyl (C=O) groups excluding carboxylic acids is 1. The molecule has 0 saturated carbocycles. The van der Waals surface area contributed by atoms with Crippen LogP contribution in [0.25, 0.3) is 0 Å². The van der Waals surface area contributed by atoms with Crippen molar-refractivity contribution in [3.63, 3.8) is 0 Å². The topological polar surface area (TPSA) is 225 Å². The Balaban J connectivity index is -0.000000327. The van der Waals surface area contributed by atoms with Gasteiger partial charge in [0.05, 0.1) is 12.6 Å². The zero-order valence-electron chi connectivity index (χ0n) is 9.59. The van der Waals surface area contributed by atoms with Gasteiger partial charge in [0.1, 0.15) is 30.5 Å². The summed E-state index contributed by atoms with van der Waals surface area (Å²) in [6.07, 6.45) is -10.5. The van der Waals surface area contributed by atoms with Crippen molar-refractivity contribution in [1.29, 1.82) is 0 Å². The molecule has 0 aliphatic carbocycles. The summed E-state index contributed by atoms with van der Waals surface area (Å²) < 4.78 is 0. The van der Waals surface area contributed by atoms with Crippen LogP contribution in [-0.2, 0) is 4.79 Å². The van der Waals surface area contributed by atoms with Crippen molar-refractivity contribution in [3.05, 3.63) is 0 Å². The fourth-order valence-electron chi connectivity index (χ4n) is 0.864. The molecule has 5 unspecified atom stereocenters. The van der Waals surface area contributed by atoms with E-state index in [1.807, 2.05) is 0 Å². The molecule has 10 N–H and O–H groups in total. The van der Waals surface area contributed by atoms with Crippen LogP contribution in [0.2, 0.25) is 0 Å². The van der Waals surface area contributed by atoms with E-state index in [1.54, 1.807) is 0 Å². The summed E-state index contributed by atoms with van der Waals surface area (Å²) in [4.78, 5) is 10.1. The van der Waals surface area contributed by atoms with Crippen molar-refractivity contribution in [1.82, 2.24) is 0 Å². The molecule has 0 aromatic carbocycles. The largest absolute Gasteiger partial charge is 1.00 e. The quantitative estimate of drug-likeness (QED) is 0.256. The molecule has 18 heavy (non-hydrogen) atoms. The van der Waals surface area contributed by atoms with E-state index in [1.165, 1.54) is 0 Å². The Hall–Kier alpha value is 0.150. The summed E-state index contributed by atoms with van der Waals surface area (Å²) in [7, 11) is 0. The molecule has 0 spiro atoms. The fourth-order valence-corrected chi connectivity index (χ4v) is 0.864. The van der Waals surface area contributed by atoms with Gasteiger partial charge < -0.3 is 51.5 Å². The van der Waals surface area contributed by atoms with Gasteiger partial charge in [0, 0.05) is 0 Å². The van der Waals surface area contributed by atoms with Gasteiger partial charge >= 0.3 is 29.6 Å². The third-order valence-electron chi connectivity index (χ3n) is 1.85. The Morgan fingerprint density at radius 3 is 1.61 bits per heavy atom. The first kappa shape index (κ1) is 26.7. The maximum absolute atomic E-state index is 10.1. The van der Waals surface area contributed by atoms with Gasteiger partial charge in [-0.3, -0.25) is 0 Å². The summed E-state index contributed by atoms with van der Waals surface area (Å²) in [5, 5.41) is 63.2. The van der Waals surface area contributed by atoms with Crippen LogP contribution in [0.1, 0.15) is 0 Å². The summed E-state index contributed by atoms with van der Waals surface area (Å²) in [6, 6.07) is 0. The molecule has 106 valence electrons. The van der Waals surface area contributed by atoms with Crippen LogP contribution < -0.4 is 34.7 Å². The van der Waals surface area contributed by atoms with Crippen LogP contribution in [0.15, 0.2) is 0 Å².